The number of esters is 1. The molecule has 0 radical (unpaired) electrons. The molecule has 5 rings (SSSR count). The molecule has 3 saturated heterocycles. The average molecular weight is 546 g/mol. The maximum atomic E-state index is 14.4. The van der Waals surface area contributed by atoms with Gasteiger partial charge in [-0.1, -0.05) is 38.2 Å². The zero-order valence-corrected chi connectivity index (χ0v) is 23.3. The summed E-state index contributed by atoms with van der Waals surface area (Å²) in [5, 5.41) is 10.3. The van der Waals surface area contributed by atoms with Gasteiger partial charge in [-0.05, 0) is 32.1 Å². The molecule has 1 N–H and O–H groups in total. The van der Waals surface area contributed by atoms with Crippen LogP contribution in [-0.4, -0.2) is 120 Å². The van der Waals surface area contributed by atoms with Crippen molar-refractivity contribution in [1.29, 1.82) is 0 Å². The smallest absolute Gasteiger partial charge is 0.313 e. The van der Waals surface area contributed by atoms with Crippen LogP contribution in [0.15, 0.2) is 24.3 Å². The lowest BCUT2D eigenvalue weighted by molar-refractivity contribution is -0.163. The normalized spacial score (nSPS) is 37.1. The fourth-order valence-electron chi connectivity index (χ4n) is 7.12. The fraction of sp³-hybridized carbons (Fsp3) is 0.759. The molecule has 5 heterocycles. The molecular weight excluding hydrogens is 502 g/mol. The quantitative estimate of drug-likeness (QED) is 0.375. The van der Waals surface area contributed by atoms with Gasteiger partial charge in [0.2, 0.25) is 11.8 Å². The molecule has 2 amide bonds. The molecule has 1 unspecified atom stereocenters. The number of morpholine rings is 1. The summed E-state index contributed by atoms with van der Waals surface area (Å²) in [6.07, 6.45) is 11.2. The van der Waals surface area contributed by atoms with Crippen molar-refractivity contribution < 1.29 is 33.7 Å². The third-order valence-corrected chi connectivity index (χ3v) is 9.27. The Morgan fingerprint density at radius 2 is 1.79 bits per heavy atom. The van der Waals surface area contributed by atoms with Crippen molar-refractivity contribution in [3.8, 4) is 0 Å². The number of aliphatic hydroxyl groups excluding tert-OH is 1. The summed E-state index contributed by atoms with van der Waals surface area (Å²) in [4.78, 5) is 48.0. The highest BCUT2D eigenvalue weighted by molar-refractivity contribution is 5.99. The molecule has 5 aliphatic rings. The Balaban J connectivity index is 1.56. The molecule has 0 bridgehead atoms. The summed E-state index contributed by atoms with van der Waals surface area (Å²) in [5.74, 6) is -2.78. The van der Waals surface area contributed by atoms with Crippen LogP contribution in [0.5, 0.6) is 0 Å². The molecule has 10 nitrogen and oxygen atoms in total. The first-order valence-corrected chi connectivity index (χ1v) is 14.7. The van der Waals surface area contributed by atoms with Crippen molar-refractivity contribution in [3.63, 3.8) is 0 Å². The van der Waals surface area contributed by atoms with Crippen LogP contribution in [0.25, 0.3) is 0 Å². The predicted molar refractivity (Wildman–Crippen MR) is 143 cm³/mol. The molecule has 0 aromatic carbocycles. The van der Waals surface area contributed by atoms with Crippen molar-refractivity contribution in [3.05, 3.63) is 24.3 Å². The fourth-order valence-corrected chi connectivity index (χ4v) is 7.12. The third kappa shape index (κ3) is 4.83. The number of aliphatic hydroxyl groups is 1. The van der Waals surface area contributed by atoms with Crippen molar-refractivity contribution in [2.45, 2.75) is 69.2 Å². The number of carbonyl (C=O) groups excluding carboxylic acids is 3. The topological polar surface area (TPSA) is 109 Å². The van der Waals surface area contributed by atoms with E-state index in [1.165, 1.54) is 4.90 Å². The number of fused-ring (bicyclic) bond motifs is 2. The summed E-state index contributed by atoms with van der Waals surface area (Å²) in [6, 6.07) is -1.54. The number of ether oxygens (including phenoxy) is 3. The van der Waals surface area contributed by atoms with Gasteiger partial charge in [-0.25, -0.2) is 0 Å². The van der Waals surface area contributed by atoms with Crippen molar-refractivity contribution in [2.75, 3.05) is 59.2 Å². The zero-order valence-electron chi connectivity index (χ0n) is 23.3. The van der Waals surface area contributed by atoms with Gasteiger partial charge in [-0.3, -0.25) is 19.3 Å². The highest BCUT2D eigenvalue weighted by atomic mass is 16.6. The Bertz CT molecular complexity index is 991. The number of hydrogen-bond acceptors (Lipinski definition) is 8. The van der Waals surface area contributed by atoms with Crippen LogP contribution in [-0.2, 0) is 28.6 Å². The molecule has 0 aliphatic carbocycles. The lowest BCUT2D eigenvalue weighted by Crippen LogP contribution is -2.59. The van der Waals surface area contributed by atoms with E-state index in [1.807, 2.05) is 38.2 Å². The van der Waals surface area contributed by atoms with Gasteiger partial charge in [-0.2, -0.15) is 0 Å². The minimum Gasteiger partial charge on any atom is -0.465 e. The molecule has 6 atom stereocenters. The molecular formula is C29H43N3O7. The van der Waals surface area contributed by atoms with Gasteiger partial charge in [0, 0.05) is 32.7 Å². The van der Waals surface area contributed by atoms with Crippen LogP contribution >= 0.6 is 0 Å². The largest absolute Gasteiger partial charge is 0.465 e. The van der Waals surface area contributed by atoms with E-state index < -0.39 is 41.1 Å². The first-order valence-electron chi connectivity index (χ1n) is 14.7. The lowest BCUT2D eigenvalue weighted by Gasteiger charge is -2.41. The predicted octanol–water partition coefficient (Wildman–Crippen LogP) is 1.13. The number of amides is 2. The van der Waals surface area contributed by atoms with E-state index in [1.54, 1.807) is 4.90 Å². The van der Waals surface area contributed by atoms with Crippen LogP contribution in [0.3, 0.4) is 0 Å². The van der Waals surface area contributed by atoms with E-state index in [4.69, 9.17) is 14.2 Å². The van der Waals surface area contributed by atoms with Crippen LogP contribution in [0.4, 0.5) is 0 Å². The second-order valence-corrected chi connectivity index (χ2v) is 11.3. The van der Waals surface area contributed by atoms with E-state index in [0.717, 1.165) is 32.4 Å². The Morgan fingerprint density at radius 1 is 1.00 bits per heavy atom. The Hall–Kier alpha value is -2.27. The Kier molecular flexibility index (Phi) is 8.47. The van der Waals surface area contributed by atoms with Crippen LogP contribution in [0, 0.1) is 11.8 Å². The number of rotatable bonds is 7. The number of cyclic esters (lactones) is 1. The molecule has 0 aromatic rings. The van der Waals surface area contributed by atoms with Gasteiger partial charge in [-0.15, -0.1) is 0 Å². The van der Waals surface area contributed by atoms with E-state index in [2.05, 4.69) is 4.90 Å². The second kappa shape index (κ2) is 11.7. The maximum absolute atomic E-state index is 14.4. The Labute approximate surface area is 230 Å². The molecule has 10 heteroatoms. The molecule has 5 aliphatic heterocycles. The van der Waals surface area contributed by atoms with Gasteiger partial charge < -0.3 is 29.1 Å². The van der Waals surface area contributed by atoms with Crippen molar-refractivity contribution in [1.82, 2.24) is 14.7 Å². The van der Waals surface area contributed by atoms with Gasteiger partial charge in [0.25, 0.3) is 0 Å². The average Bonchev–Trinajstić information content (AvgIpc) is 3.31. The second-order valence-electron chi connectivity index (χ2n) is 11.3. The number of hydrogen-bond donors (Lipinski definition) is 1. The lowest BCUT2D eigenvalue weighted by atomic mass is 9.73. The molecule has 3 fully saturated rings. The summed E-state index contributed by atoms with van der Waals surface area (Å²) in [7, 11) is 0. The first-order chi connectivity index (χ1) is 18.9. The van der Waals surface area contributed by atoms with Gasteiger partial charge in [0.05, 0.1) is 38.4 Å². The van der Waals surface area contributed by atoms with E-state index in [-0.39, 0.29) is 18.4 Å². The summed E-state index contributed by atoms with van der Waals surface area (Å²) >= 11 is 0. The van der Waals surface area contributed by atoms with Gasteiger partial charge in [0.15, 0.2) is 0 Å². The van der Waals surface area contributed by atoms with Gasteiger partial charge >= 0.3 is 5.97 Å². The number of carbonyl (C=O) groups is 3. The van der Waals surface area contributed by atoms with Crippen LogP contribution in [0.2, 0.25) is 0 Å². The summed E-state index contributed by atoms with van der Waals surface area (Å²) < 4.78 is 18.1. The highest BCUT2D eigenvalue weighted by Gasteiger charge is 2.75. The monoisotopic (exact) mass is 545 g/mol. The number of nitrogens with zero attached hydrogens (tertiary/aromatic N) is 3. The van der Waals surface area contributed by atoms with E-state index >= 15 is 0 Å². The zero-order chi connectivity index (χ0) is 27.6. The van der Waals surface area contributed by atoms with E-state index in [9.17, 15) is 19.5 Å². The van der Waals surface area contributed by atoms with Gasteiger partial charge in [0.1, 0.15) is 23.2 Å². The standard InChI is InChI=1S/C29H43N3O7/c1-3-21(20-33)32-24-26(35)31(14-13-30-15-18-37-19-16-30)12-9-11-29(24)22(25(32)34)23-27(36)38-17-8-6-5-7-10-28(23,4-2)39-29/h7,9-11,21-24,33H,3-6,8,12-20H2,1-2H3/b10-7-/t21-,22-,23-,24?,28+,29-/m0/s1. The third-order valence-electron chi connectivity index (χ3n) is 9.27. The van der Waals surface area contributed by atoms with Crippen molar-refractivity contribution >= 4 is 17.8 Å². The SMILES string of the molecule is CC[C@@H](CO)N1C(=O)[C@@H]2[C@H]3C(=O)OCCCC/C=C\[C@@]3(CC)O[C@@]23C=CCN(CCN2CCOCC2)C(=O)C13. The minimum atomic E-state index is -1.33. The summed E-state index contributed by atoms with van der Waals surface area (Å²) in [5.41, 5.74) is -2.39. The van der Waals surface area contributed by atoms with E-state index in [0.29, 0.717) is 52.3 Å². The number of allylic oxidation sites excluding steroid dienone is 1. The Morgan fingerprint density at radius 3 is 2.51 bits per heavy atom. The van der Waals surface area contributed by atoms with Crippen LogP contribution in [0.1, 0.15) is 46.0 Å². The molecule has 39 heavy (non-hydrogen) atoms. The minimum absolute atomic E-state index is 0.205. The van der Waals surface area contributed by atoms with Crippen LogP contribution < -0.4 is 0 Å². The molecule has 216 valence electrons. The molecule has 1 spiro atoms. The molecule has 0 saturated carbocycles. The summed E-state index contributed by atoms with van der Waals surface area (Å²) in [6.45, 7) is 8.44. The highest BCUT2D eigenvalue weighted by Crippen LogP contribution is 2.58. The van der Waals surface area contributed by atoms with Crippen molar-refractivity contribution in [2.24, 2.45) is 11.8 Å². The maximum Gasteiger partial charge on any atom is 0.313 e. The number of likely N-dealkylation sites (tertiary alicyclic amines) is 1. The molecule has 0 aromatic heterocycles. The first kappa shape index (κ1) is 28.3.